The van der Waals surface area contributed by atoms with E-state index in [2.05, 4.69) is 31.4 Å². The highest BCUT2D eigenvalue weighted by atomic mass is 79.9. The van der Waals surface area contributed by atoms with Gasteiger partial charge in [0.25, 0.3) is 5.91 Å². The molecule has 0 spiro atoms. The molecule has 1 aromatic heterocycles. The summed E-state index contributed by atoms with van der Waals surface area (Å²) in [5.41, 5.74) is 1.97. The number of aromatic amines is 1. The Morgan fingerprint density at radius 1 is 1.25 bits per heavy atom. The molecule has 0 radical (unpaired) electrons. The lowest BCUT2D eigenvalue weighted by atomic mass is 10.2. The predicted molar refractivity (Wildman–Crippen MR) is 83.2 cm³/mol. The Kier molecular flexibility index (Phi) is 3.46. The highest BCUT2D eigenvalue weighted by molar-refractivity contribution is 9.10. The first-order valence-corrected chi connectivity index (χ1v) is 7.00. The van der Waals surface area contributed by atoms with Crippen LogP contribution in [0.4, 0.5) is 5.69 Å². The molecule has 100 valence electrons. The average molecular weight is 351 g/mol. The van der Waals surface area contributed by atoms with E-state index in [1.54, 1.807) is 24.4 Å². The molecule has 0 aliphatic rings. The Hall–Kier alpha value is -1.85. The lowest BCUT2D eigenvalue weighted by Gasteiger charge is -2.07. The molecular weight excluding hydrogens is 342 g/mol. The fourth-order valence-corrected chi connectivity index (χ4v) is 2.45. The summed E-state index contributed by atoms with van der Waals surface area (Å²) in [6, 6.07) is 10.7. The number of rotatable bonds is 2. The van der Waals surface area contributed by atoms with Gasteiger partial charge in [0.05, 0.1) is 22.3 Å². The summed E-state index contributed by atoms with van der Waals surface area (Å²) >= 11 is 9.36. The minimum atomic E-state index is -0.254. The summed E-state index contributed by atoms with van der Waals surface area (Å²) in [7, 11) is 0. The zero-order chi connectivity index (χ0) is 14.1. The summed E-state index contributed by atoms with van der Waals surface area (Å²) in [5.74, 6) is -0.254. The van der Waals surface area contributed by atoms with Gasteiger partial charge in [-0.1, -0.05) is 27.5 Å². The molecule has 0 fully saturated rings. The van der Waals surface area contributed by atoms with Crippen LogP contribution in [0.2, 0.25) is 5.02 Å². The first kappa shape index (κ1) is 13.1. The SMILES string of the molecule is O=C(Nc1ccc2cn[nH]c2c1)c1cc(Br)ccc1Cl. The Morgan fingerprint density at radius 2 is 2.10 bits per heavy atom. The molecule has 0 aliphatic carbocycles. The number of carbonyl (C=O) groups excluding carboxylic acids is 1. The highest BCUT2D eigenvalue weighted by Crippen LogP contribution is 2.23. The van der Waals surface area contributed by atoms with Gasteiger partial charge in [0.2, 0.25) is 0 Å². The van der Waals surface area contributed by atoms with Crippen molar-refractivity contribution >= 4 is 50.0 Å². The number of hydrogen-bond donors (Lipinski definition) is 2. The van der Waals surface area contributed by atoms with Crippen molar-refractivity contribution in [1.29, 1.82) is 0 Å². The third-order valence-corrected chi connectivity index (χ3v) is 3.70. The molecule has 0 saturated heterocycles. The van der Waals surface area contributed by atoms with E-state index >= 15 is 0 Å². The smallest absolute Gasteiger partial charge is 0.257 e. The summed E-state index contributed by atoms with van der Waals surface area (Å²) in [6.45, 7) is 0. The van der Waals surface area contributed by atoms with E-state index in [1.807, 2.05) is 18.2 Å². The van der Waals surface area contributed by atoms with E-state index in [4.69, 9.17) is 11.6 Å². The lowest BCUT2D eigenvalue weighted by molar-refractivity contribution is 0.102. The average Bonchev–Trinajstić information content (AvgIpc) is 2.89. The molecule has 1 amide bonds. The number of amides is 1. The Labute approximate surface area is 128 Å². The standard InChI is InChI=1S/C14H9BrClN3O/c15-9-2-4-12(16)11(5-9)14(20)18-10-3-1-8-7-17-19-13(8)6-10/h1-7H,(H,17,19)(H,18,20). The van der Waals surface area contributed by atoms with Crippen LogP contribution in [-0.2, 0) is 0 Å². The van der Waals surface area contributed by atoms with Gasteiger partial charge < -0.3 is 5.32 Å². The largest absolute Gasteiger partial charge is 0.322 e. The van der Waals surface area contributed by atoms with E-state index in [9.17, 15) is 4.79 Å². The molecule has 3 aromatic rings. The van der Waals surface area contributed by atoms with Gasteiger partial charge >= 0.3 is 0 Å². The van der Waals surface area contributed by atoms with E-state index < -0.39 is 0 Å². The lowest BCUT2D eigenvalue weighted by Crippen LogP contribution is -2.12. The molecular formula is C14H9BrClN3O. The van der Waals surface area contributed by atoms with Crippen LogP contribution in [0.3, 0.4) is 0 Å². The van der Waals surface area contributed by atoms with Gasteiger partial charge in [-0.2, -0.15) is 5.10 Å². The molecule has 2 aromatic carbocycles. The number of halogens is 2. The third-order valence-electron chi connectivity index (χ3n) is 2.87. The first-order chi connectivity index (χ1) is 9.63. The summed E-state index contributed by atoms with van der Waals surface area (Å²) in [5, 5.41) is 11.0. The van der Waals surface area contributed by atoms with Gasteiger partial charge in [0, 0.05) is 15.5 Å². The quantitative estimate of drug-likeness (QED) is 0.726. The van der Waals surface area contributed by atoms with Gasteiger partial charge in [-0.25, -0.2) is 0 Å². The van der Waals surface area contributed by atoms with Gasteiger partial charge in [-0.15, -0.1) is 0 Å². The first-order valence-electron chi connectivity index (χ1n) is 5.83. The van der Waals surface area contributed by atoms with Crippen molar-refractivity contribution < 1.29 is 4.79 Å². The zero-order valence-corrected chi connectivity index (χ0v) is 12.5. The number of nitrogens with one attached hydrogen (secondary N) is 2. The molecule has 20 heavy (non-hydrogen) atoms. The fraction of sp³-hybridized carbons (Fsp3) is 0. The zero-order valence-electron chi connectivity index (χ0n) is 10.2. The van der Waals surface area contributed by atoms with Crippen LogP contribution in [0.15, 0.2) is 47.1 Å². The predicted octanol–water partition coefficient (Wildman–Crippen LogP) is 4.23. The van der Waals surface area contributed by atoms with Crippen LogP contribution in [0.25, 0.3) is 10.9 Å². The number of carbonyl (C=O) groups is 1. The second-order valence-corrected chi connectivity index (χ2v) is 5.57. The van der Waals surface area contributed by atoms with E-state index in [0.29, 0.717) is 16.3 Å². The van der Waals surface area contributed by atoms with Crippen molar-refractivity contribution in [2.45, 2.75) is 0 Å². The number of H-pyrrole nitrogens is 1. The Morgan fingerprint density at radius 3 is 2.95 bits per heavy atom. The maximum absolute atomic E-state index is 12.2. The maximum atomic E-state index is 12.2. The number of hydrogen-bond acceptors (Lipinski definition) is 2. The van der Waals surface area contributed by atoms with Crippen molar-refractivity contribution in [2.75, 3.05) is 5.32 Å². The summed E-state index contributed by atoms with van der Waals surface area (Å²) in [6.07, 6.45) is 1.73. The molecule has 0 saturated carbocycles. The Balaban J connectivity index is 1.89. The topological polar surface area (TPSA) is 57.8 Å². The van der Waals surface area contributed by atoms with Crippen LogP contribution in [-0.4, -0.2) is 16.1 Å². The van der Waals surface area contributed by atoms with Gasteiger partial charge in [-0.05, 0) is 36.4 Å². The number of benzene rings is 2. The number of aromatic nitrogens is 2. The highest BCUT2D eigenvalue weighted by Gasteiger charge is 2.11. The van der Waals surface area contributed by atoms with Crippen molar-refractivity contribution in [3.63, 3.8) is 0 Å². The van der Waals surface area contributed by atoms with Gasteiger partial charge in [0.15, 0.2) is 0 Å². The van der Waals surface area contributed by atoms with Crippen LogP contribution in [0, 0.1) is 0 Å². The molecule has 4 nitrogen and oxygen atoms in total. The van der Waals surface area contributed by atoms with Crippen molar-refractivity contribution in [3.05, 3.63) is 57.7 Å². The van der Waals surface area contributed by atoms with Crippen molar-refractivity contribution in [2.24, 2.45) is 0 Å². The van der Waals surface area contributed by atoms with Crippen molar-refractivity contribution in [1.82, 2.24) is 10.2 Å². The minimum Gasteiger partial charge on any atom is -0.322 e. The minimum absolute atomic E-state index is 0.254. The van der Waals surface area contributed by atoms with Crippen LogP contribution in [0.5, 0.6) is 0 Å². The molecule has 6 heteroatoms. The van der Waals surface area contributed by atoms with E-state index in [0.717, 1.165) is 15.4 Å². The molecule has 0 unspecified atom stereocenters. The van der Waals surface area contributed by atoms with Gasteiger partial charge in [-0.3, -0.25) is 9.89 Å². The summed E-state index contributed by atoms with van der Waals surface area (Å²) in [4.78, 5) is 12.2. The molecule has 0 bridgehead atoms. The molecule has 2 N–H and O–H groups in total. The number of fused-ring (bicyclic) bond motifs is 1. The Bertz CT molecular complexity index is 800. The number of nitrogens with zero attached hydrogens (tertiary/aromatic N) is 1. The fourth-order valence-electron chi connectivity index (χ4n) is 1.88. The second-order valence-electron chi connectivity index (χ2n) is 4.25. The van der Waals surface area contributed by atoms with E-state index in [1.165, 1.54) is 0 Å². The molecule has 3 rings (SSSR count). The van der Waals surface area contributed by atoms with Crippen LogP contribution < -0.4 is 5.32 Å². The number of anilines is 1. The molecule has 0 atom stereocenters. The van der Waals surface area contributed by atoms with E-state index in [-0.39, 0.29) is 5.91 Å². The molecule has 1 heterocycles. The van der Waals surface area contributed by atoms with Crippen LogP contribution in [0.1, 0.15) is 10.4 Å². The van der Waals surface area contributed by atoms with Crippen LogP contribution >= 0.6 is 27.5 Å². The van der Waals surface area contributed by atoms with Gasteiger partial charge in [0.1, 0.15) is 0 Å². The van der Waals surface area contributed by atoms with Crippen molar-refractivity contribution in [3.8, 4) is 0 Å². The normalized spacial score (nSPS) is 10.7. The monoisotopic (exact) mass is 349 g/mol. The second kappa shape index (κ2) is 5.26. The maximum Gasteiger partial charge on any atom is 0.257 e. The summed E-state index contributed by atoms with van der Waals surface area (Å²) < 4.78 is 0.802. The third kappa shape index (κ3) is 2.55. The molecule has 0 aliphatic heterocycles.